The van der Waals surface area contributed by atoms with E-state index >= 15 is 0 Å². The first kappa shape index (κ1) is 20.6. The number of hydrogen-bond acceptors (Lipinski definition) is 9. The third-order valence-corrected chi connectivity index (χ3v) is 7.13. The van der Waals surface area contributed by atoms with Crippen molar-refractivity contribution in [3.8, 4) is 0 Å². The van der Waals surface area contributed by atoms with Crippen LogP contribution >= 0.6 is 11.3 Å². The number of rotatable bonds is 5. The van der Waals surface area contributed by atoms with Crippen molar-refractivity contribution in [2.45, 2.75) is 25.6 Å². The molecule has 2 unspecified atom stereocenters. The summed E-state index contributed by atoms with van der Waals surface area (Å²) >= 11 is 1.41. The fourth-order valence-electron chi connectivity index (χ4n) is 4.49. The van der Waals surface area contributed by atoms with Gasteiger partial charge in [0.1, 0.15) is 23.3 Å². The lowest BCUT2D eigenvalue weighted by Gasteiger charge is -2.35. The largest absolute Gasteiger partial charge is 0.390 e. The molecule has 0 bridgehead atoms. The average molecular weight is 442 g/mol. The number of ether oxygens (including phenoxy) is 1. The monoisotopic (exact) mass is 441 g/mol. The first-order valence-electron chi connectivity index (χ1n) is 10.8. The Labute approximate surface area is 185 Å². The highest BCUT2D eigenvalue weighted by Gasteiger charge is 2.30. The first-order valence-corrected chi connectivity index (χ1v) is 11.7. The SMILES string of the molecule is OCc1csc(C(O)C2CCCN(c3ncnc4cc(N5CCOCC5)ccc34)C2)n1. The summed E-state index contributed by atoms with van der Waals surface area (Å²) < 4.78 is 5.47. The van der Waals surface area contributed by atoms with Gasteiger partial charge in [0.15, 0.2) is 0 Å². The Morgan fingerprint density at radius 3 is 2.84 bits per heavy atom. The Morgan fingerprint density at radius 1 is 1.16 bits per heavy atom. The lowest BCUT2D eigenvalue weighted by Crippen LogP contribution is -2.38. The van der Waals surface area contributed by atoms with Crippen LogP contribution in [0.3, 0.4) is 0 Å². The summed E-state index contributed by atoms with van der Waals surface area (Å²) in [6.07, 6.45) is 2.93. The molecule has 2 aliphatic heterocycles. The zero-order valence-corrected chi connectivity index (χ0v) is 18.2. The molecule has 2 saturated heterocycles. The van der Waals surface area contributed by atoms with Crippen molar-refractivity contribution in [1.29, 1.82) is 0 Å². The van der Waals surface area contributed by atoms with Crippen LogP contribution in [-0.2, 0) is 11.3 Å². The smallest absolute Gasteiger partial charge is 0.139 e. The molecule has 8 nitrogen and oxygen atoms in total. The normalized spacial score (nSPS) is 20.9. The summed E-state index contributed by atoms with van der Waals surface area (Å²) in [6, 6.07) is 6.39. The zero-order valence-electron chi connectivity index (χ0n) is 17.4. The van der Waals surface area contributed by atoms with Crippen molar-refractivity contribution >= 4 is 33.7 Å². The first-order chi connectivity index (χ1) is 15.2. The molecule has 0 aliphatic carbocycles. The predicted molar refractivity (Wildman–Crippen MR) is 121 cm³/mol. The second kappa shape index (κ2) is 9.04. The summed E-state index contributed by atoms with van der Waals surface area (Å²) in [4.78, 5) is 18.1. The van der Waals surface area contributed by atoms with E-state index in [1.165, 1.54) is 11.3 Å². The summed E-state index contributed by atoms with van der Waals surface area (Å²) in [5.41, 5.74) is 2.71. The Kier molecular flexibility index (Phi) is 5.99. The molecule has 5 rings (SSSR count). The minimum atomic E-state index is -0.630. The van der Waals surface area contributed by atoms with Gasteiger partial charge in [-0.05, 0) is 31.0 Å². The van der Waals surface area contributed by atoms with Crippen molar-refractivity contribution in [1.82, 2.24) is 15.0 Å². The van der Waals surface area contributed by atoms with Gasteiger partial charge in [0, 0.05) is 48.6 Å². The predicted octanol–water partition coefficient (Wildman–Crippen LogP) is 2.37. The number of aliphatic hydroxyl groups excluding tert-OH is 2. The third kappa shape index (κ3) is 4.23. The number of anilines is 2. The Hall–Kier alpha value is -2.33. The van der Waals surface area contributed by atoms with E-state index in [0.717, 1.165) is 68.1 Å². The van der Waals surface area contributed by atoms with Crippen LogP contribution < -0.4 is 9.80 Å². The number of aliphatic hydroxyl groups is 2. The molecule has 31 heavy (non-hydrogen) atoms. The van der Waals surface area contributed by atoms with Gasteiger partial charge in [-0.1, -0.05) is 0 Å². The van der Waals surface area contributed by atoms with E-state index in [2.05, 4.69) is 43.0 Å². The molecule has 2 aliphatic rings. The summed E-state index contributed by atoms with van der Waals surface area (Å²) in [6.45, 7) is 4.81. The molecular formula is C22H27N5O3S. The molecule has 2 aromatic heterocycles. The van der Waals surface area contributed by atoms with Gasteiger partial charge < -0.3 is 24.7 Å². The molecule has 4 heterocycles. The van der Waals surface area contributed by atoms with E-state index in [0.29, 0.717) is 17.2 Å². The van der Waals surface area contributed by atoms with Crippen LogP contribution in [0.2, 0.25) is 0 Å². The Morgan fingerprint density at radius 2 is 2.03 bits per heavy atom. The van der Waals surface area contributed by atoms with E-state index in [1.807, 2.05) is 5.38 Å². The fraction of sp³-hybridized carbons (Fsp3) is 0.500. The van der Waals surface area contributed by atoms with Gasteiger partial charge in [-0.3, -0.25) is 0 Å². The van der Waals surface area contributed by atoms with Gasteiger partial charge in [-0.25, -0.2) is 15.0 Å². The number of hydrogen-bond donors (Lipinski definition) is 2. The third-order valence-electron chi connectivity index (χ3n) is 6.16. The quantitative estimate of drug-likeness (QED) is 0.623. The molecule has 0 amide bonds. The highest BCUT2D eigenvalue weighted by atomic mass is 32.1. The topological polar surface area (TPSA) is 94.8 Å². The molecule has 0 radical (unpaired) electrons. The molecule has 1 aromatic carbocycles. The number of morpholine rings is 1. The van der Waals surface area contributed by atoms with Gasteiger partial charge in [0.25, 0.3) is 0 Å². The van der Waals surface area contributed by atoms with Crippen LogP contribution in [0.25, 0.3) is 10.9 Å². The van der Waals surface area contributed by atoms with E-state index in [1.54, 1.807) is 6.33 Å². The van der Waals surface area contributed by atoms with E-state index in [-0.39, 0.29) is 12.5 Å². The maximum absolute atomic E-state index is 10.9. The van der Waals surface area contributed by atoms with Gasteiger partial charge in [-0.15, -0.1) is 11.3 Å². The van der Waals surface area contributed by atoms with Crippen molar-refractivity contribution in [2.75, 3.05) is 49.2 Å². The molecule has 0 saturated carbocycles. The Balaban J connectivity index is 1.38. The average Bonchev–Trinajstić information content (AvgIpc) is 3.33. The van der Waals surface area contributed by atoms with E-state index in [9.17, 15) is 10.2 Å². The number of benzene rings is 1. The second-order valence-electron chi connectivity index (χ2n) is 8.13. The number of piperidine rings is 1. The molecule has 2 N–H and O–H groups in total. The van der Waals surface area contributed by atoms with Crippen LogP contribution in [-0.4, -0.2) is 64.6 Å². The molecular weight excluding hydrogens is 414 g/mol. The summed E-state index contributed by atoms with van der Waals surface area (Å²) in [5, 5.41) is 23.7. The van der Waals surface area contributed by atoms with Crippen molar-refractivity contribution < 1.29 is 14.9 Å². The van der Waals surface area contributed by atoms with Gasteiger partial charge in [0.2, 0.25) is 0 Å². The number of fused-ring (bicyclic) bond motifs is 1. The second-order valence-corrected chi connectivity index (χ2v) is 9.02. The van der Waals surface area contributed by atoms with Crippen molar-refractivity contribution in [3.63, 3.8) is 0 Å². The molecule has 0 spiro atoms. The fourth-order valence-corrected chi connectivity index (χ4v) is 5.38. The van der Waals surface area contributed by atoms with Crippen LogP contribution in [0.15, 0.2) is 29.9 Å². The van der Waals surface area contributed by atoms with Gasteiger partial charge in [0.05, 0.1) is 31.0 Å². The van der Waals surface area contributed by atoms with Crippen LogP contribution in [0.1, 0.15) is 29.6 Å². The zero-order chi connectivity index (χ0) is 21.2. The lowest BCUT2D eigenvalue weighted by molar-refractivity contribution is 0.0974. The van der Waals surface area contributed by atoms with Crippen LogP contribution in [0.4, 0.5) is 11.5 Å². The van der Waals surface area contributed by atoms with Crippen LogP contribution in [0.5, 0.6) is 0 Å². The molecule has 2 fully saturated rings. The van der Waals surface area contributed by atoms with Gasteiger partial charge >= 0.3 is 0 Å². The van der Waals surface area contributed by atoms with Crippen molar-refractivity contribution in [2.24, 2.45) is 5.92 Å². The summed E-state index contributed by atoms with van der Waals surface area (Å²) in [7, 11) is 0. The summed E-state index contributed by atoms with van der Waals surface area (Å²) in [5.74, 6) is 0.995. The maximum Gasteiger partial charge on any atom is 0.139 e. The standard InChI is InChI=1S/C22H27N5O3S/c28-12-16-13-31-22(25-16)20(29)15-2-1-5-27(11-15)21-18-4-3-17(10-19(18)23-14-24-21)26-6-8-30-9-7-26/h3-4,10,13-15,20,28-29H,1-2,5-9,11-12H2. The molecule has 9 heteroatoms. The van der Waals surface area contributed by atoms with E-state index < -0.39 is 6.10 Å². The molecule has 2 atom stereocenters. The number of thiazole rings is 1. The number of nitrogens with zero attached hydrogens (tertiary/aromatic N) is 5. The minimum absolute atomic E-state index is 0.0732. The van der Waals surface area contributed by atoms with E-state index in [4.69, 9.17) is 4.74 Å². The Bertz CT molecular complexity index is 1040. The molecule has 164 valence electrons. The highest BCUT2D eigenvalue weighted by molar-refractivity contribution is 7.09. The lowest BCUT2D eigenvalue weighted by atomic mass is 9.92. The van der Waals surface area contributed by atoms with Crippen molar-refractivity contribution in [3.05, 3.63) is 40.6 Å². The minimum Gasteiger partial charge on any atom is -0.390 e. The highest BCUT2D eigenvalue weighted by Crippen LogP contribution is 2.35. The van der Waals surface area contributed by atoms with Gasteiger partial charge in [-0.2, -0.15) is 0 Å². The van der Waals surface area contributed by atoms with Crippen LogP contribution in [0, 0.1) is 5.92 Å². The number of aromatic nitrogens is 3. The molecule has 3 aromatic rings. The maximum atomic E-state index is 10.9.